The minimum Gasteiger partial charge on any atom is -0.488 e. The van der Waals surface area contributed by atoms with Gasteiger partial charge in [-0.25, -0.2) is 9.78 Å². The van der Waals surface area contributed by atoms with Crippen LogP contribution in [0.2, 0.25) is 0 Å². The smallest absolute Gasteiger partial charge is 0.342 e. The highest BCUT2D eigenvalue weighted by molar-refractivity contribution is 5.90. The number of benzene rings is 2. The SMILES string of the molecule is COc1c(C(=O)O)cnn1-c1cccc(-c2cccc(C)c2OCc2ccc3c(c2)CCN(CC2CCOC2)C3)n1. The van der Waals surface area contributed by atoms with E-state index in [-0.39, 0.29) is 11.4 Å². The summed E-state index contributed by atoms with van der Waals surface area (Å²) in [5.74, 6) is 0.872. The number of pyridine rings is 1. The van der Waals surface area contributed by atoms with Crippen molar-refractivity contribution in [3.05, 3.63) is 88.6 Å². The van der Waals surface area contributed by atoms with E-state index in [1.54, 1.807) is 6.07 Å². The molecule has 6 rings (SSSR count). The van der Waals surface area contributed by atoms with Crippen LogP contribution in [0, 0.1) is 12.8 Å². The van der Waals surface area contributed by atoms with Gasteiger partial charge in [0.05, 0.1) is 25.6 Å². The van der Waals surface area contributed by atoms with E-state index in [1.165, 1.54) is 35.5 Å². The summed E-state index contributed by atoms with van der Waals surface area (Å²) in [6.45, 7) is 7.44. The van der Waals surface area contributed by atoms with Gasteiger partial charge in [-0.05, 0) is 66.1 Å². The maximum absolute atomic E-state index is 11.6. The topological polar surface area (TPSA) is 98.9 Å². The molecular formula is C32H34N4O5. The van der Waals surface area contributed by atoms with Gasteiger partial charge in [0.2, 0.25) is 5.88 Å². The van der Waals surface area contributed by atoms with Crippen LogP contribution in [0.4, 0.5) is 0 Å². The molecule has 2 aliphatic heterocycles. The van der Waals surface area contributed by atoms with Crippen molar-refractivity contribution in [2.24, 2.45) is 5.92 Å². The summed E-state index contributed by atoms with van der Waals surface area (Å²) < 4.78 is 18.7. The third kappa shape index (κ3) is 5.68. The van der Waals surface area contributed by atoms with E-state index in [1.807, 2.05) is 37.3 Å². The average Bonchev–Trinajstić information content (AvgIpc) is 3.66. The number of fused-ring (bicyclic) bond motifs is 1. The van der Waals surface area contributed by atoms with Gasteiger partial charge in [0.25, 0.3) is 0 Å². The van der Waals surface area contributed by atoms with Gasteiger partial charge in [0.1, 0.15) is 17.9 Å². The second kappa shape index (κ2) is 11.7. The van der Waals surface area contributed by atoms with Crippen LogP contribution in [0.15, 0.2) is 60.8 Å². The lowest BCUT2D eigenvalue weighted by atomic mass is 9.96. The third-order valence-corrected chi connectivity index (χ3v) is 7.87. The van der Waals surface area contributed by atoms with E-state index in [9.17, 15) is 9.90 Å². The molecular weight excluding hydrogens is 520 g/mol. The van der Waals surface area contributed by atoms with E-state index in [2.05, 4.69) is 28.2 Å². The molecule has 2 aromatic heterocycles. The number of hydrogen-bond acceptors (Lipinski definition) is 7. The van der Waals surface area contributed by atoms with Crippen LogP contribution in [0.5, 0.6) is 11.6 Å². The monoisotopic (exact) mass is 554 g/mol. The van der Waals surface area contributed by atoms with Crippen LogP contribution in [-0.4, -0.2) is 64.2 Å². The molecule has 0 amide bonds. The van der Waals surface area contributed by atoms with Gasteiger partial charge in [-0.15, -0.1) is 0 Å². The summed E-state index contributed by atoms with van der Waals surface area (Å²) >= 11 is 0. The lowest BCUT2D eigenvalue weighted by molar-refractivity contribution is 0.0693. The number of carboxylic acid groups (broad SMARTS) is 1. The molecule has 2 aliphatic rings. The Hall–Kier alpha value is -4.21. The standard InChI is InChI=1S/C32H34N4O5/c1-21-5-3-6-26(28-7-4-8-29(34-28)36-31(39-2)27(16-33-36)32(37)38)30(21)41-20-22-9-10-25-18-35(13-11-24(25)15-22)17-23-12-14-40-19-23/h3-10,15-16,23H,11-14,17-20H2,1-2H3,(H,37,38). The molecule has 0 spiro atoms. The fourth-order valence-electron chi connectivity index (χ4n) is 5.74. The van der Waals surface area contributed by atoms with Crippen molar-refractivity contribution in [3.63, 3.8) is 0 Å². The predicted octanol–water partition coefficient (Wildman–Crippen LogP) is 4.92. The number of para-hydroxylation sites is 1. The molecule has 1 fully saturated rings. The van der Waals surface area contributed by atoms with E-state index in [0.717, 1.165) is 61.7 Å². The van der Waals surface area contributed by atoms with Gasteiger partial charge in [-0.2, -0.15) is 9.78 Å². The summed E-state index contributed by atoms with van der Waals surface area (Å²) in [6, 6.07) is 18.2. The van der Waals surface area contributed by atoms with Crippen LogP contribution >= 0.6 is 0 Å². The summed E-state index contributed by atoms with van der Waals surface area (Å²) in [5.41, 5.74) is 6.45. The normalized spacial score (nSPS) is 16.9. The molecule has 0 saturated carbocycles. The minimum atomic E-state index is -1.11. The Kier molecular flexibility index (Phi) is 7.71. The van der Waals surface area contributed by atoms with E-state index >= 15 is 0 Å². The molecule has 4 aromatic rings. The van der Waals surface area contributed by atoms with Crippen LogP contribution in [-0.2, 0) is 24.3 Å². The van der Waals surface area contributed by atoms with E-state index in [4.69, 9.17) is 19.2 Å². The molecule has 0 bridgehead atoms. The number of methoxy groups -OCH3 is 1. The van der Waals surface area contributed by atoms with Gasteiger partial charge in [0.15, 0.2) is 5.82 Å². The zero-order valence-corrected chi connectivity index (χ0v) is 23.4. The Labute approximate surface area is 239 Å². The maximum Gasteiger partial charge on any atom is 0.342 e. The first kappa shape index (κ1) is 27.0. The van der Waals surface area contributed by atoms with Crippen molar-refractivity contribution < 1.29 is 24.1 Å². The lowest BCUT2D eigenvalue weighted by Crippen LogP contribution is -2.34. The minimum absolute atomic E-state index is 0.0274. The molecule has 9 heteroatoms. The fraction of sp³-hybridized carbons (Fsp3) is 0.344. The number of aryl methyl sites for hydroxylation is 1. The van der Waals surface area contributed by atoms with E-state index in [0.29, 0.717) is 24.0 Å². The van der Waals surface area contributed by atoms with Crippen LogP contribution in [0.1, 0.15) is 39.0 Å². The molecule has 1 saturated heterocycles. The Morgan fingerprint density at radius 3 is 2.83 bits per heavy atom. The molecule has 9 nitrogen and oxygen atoms in total. The van der Waals surface area contributed by atoms with Crippen molar-refractivity contribution in [2.45, 2.75) is 32.9 Å². The van der Waals surface area contributed by atoms with Crippen molar-refractivity contribution >= 4 is 5.97 Å². The Morgan fingerprint density at radius 2 is 2.02 bits per heavy atom. The summed E-state index contributed by atoms with van der Waals surface area (Å²) in [7, 11) is 1.42. The Bertz CT molecular complexity index is 1560. The highest BCUT2D eigenvalue weighted by Gasteiger charge is 2.23. The number of hydrogen-bond donors (Lipinski definition) is 1. The van der Waals surface area contributed by atoms with Gasteiger partial charge < -0.3 is 19.3 Å². The first-order valence-electron chi connectivity index (χ1n) is 14.0. The molecule has 212 valence electrons. The average molecular weight is 555 g/mol. The Balaban J connectivity index is 1.20. The number of rotatable bonds is 9. The van der Waals surface area contributed by atoms with Crippen molar-refractivity contribution in [3.8, 4) is 28.7 Å². The first-order chi connectivity index (χ1) is 20.0. The summed E-state index contributed by atoms with van der Waals surface area (Å²) in [5, 5.41) is 13.7. The fourth-order valence-corrected chi connectivity index (χ4v) is 5.74. The summed E-state index contributed by atoms with van der Waals surface area (Å²) in [6.07, 6.45) is 3.48. The number of aromatic carboxylic acids is 1. The third-order valence-electron chi connectivity index (χ3n) is 7.87. The highest BCUT2D eigenvalue weighted by atomic mass is 16.5. The molecule has 4 heterocycles. The van der Waals surface area contributed by atoms with Gasteiger partial charge in [0, 0.05) is 31.8 Å². The second-order valence-corrected chi connectivity index (χ2v) is 10.7. The molecule has 41 heavy (non-hydrogen) atoms. The van der Waals surface area contributed by atoms with Crippen molar-refractivity contribution in [1.82, 2.24) is 19.7 Å². The first-order valence-corrected chi connectivity index (χ1v) is 14.0. The molecule has 2 aromatic carbocycles. The number of ether oxygens (including phenoxy) is 3. The predicted molar refractivity (Wildman–Crippen MR) is 154 cm³/mol. The van der Waals surface area contributed by atoms with Crippen molar-refractivity contribution in [1.29, 1.82) is 0 Å². The molecule has 1 unspecified atom stereocenters. The van der Waals surface area contributed by atoms with Gasteiger partial charge in [-0.1, -0.05) is 36.4 Å². The van der Waals surface area contributed by atoms with Crippen molar-refractivity contribution in [2.75, 3.05) is 33.4 Å². The number of carbonyl (C=O) groups is 1. The Morgan fingerprint density at radius 1 is 1.15 bits per heavy atom. The number of nitrogens with zero attached hydrogens (tertiary/aromatic N) is 4. The molecule has 1 atom stereocenters. The van der Waals surface area contributed by atoms with Crippen LogP contribution in [0.3, 0.4) is 0 Å². The quantitative estimate of drug-likeness (QED) is 0.311. The molecule has 1 N–H and O–H groups in total. The maximum atomic E-state index is 11.6. The van der Waals surface area contributed by atoms with Gasteiger partial charge >= 0.3 is 5.97 Å². The lowest BCUT2D eigenvalue weighted by Gasteiger charge is -2.30. The zero-order chi connectivity index (χ0) is 28.3. The summed E-state index contributed by atoms with van der Waals surface area (Å²) in [4.78, 5) is 18.9. The van der Waals surface area contributed by atoms with Crippen LogP contribution < -0.4 is 9.47 Å². The largest absolute Gasteiger partial charge is 0.488 e. The van der Waals surface area contributed by atoms with Gasteiger partial charge in [-0.3, -0.25) is 4.90 Å². The van der Waals surface area contributed by atoms with Crippen LogP contribution in [0.25, 0.3) is 17.1 Å². The number of carboxylic acids is 1. The van der Waals surface area contributed by atoms with E-state index < -0.39 is 5.97 Å². The number of aromatic nitrogens is 3. The molecule has 0 aliphatic carbocycles. The molecule has 0 radical (unpaired) electrons. The zero-order valence-electron chi connectivity index (χ0n) is 23.4. The second-order valence-electron chi connectivity index (χ2n) is 10.7. The highest BCUT2D eigenvalue weighted by Crippen LogP contribution is 2.34.